The number of carbonyl (C=O) groups is 1. The lowest BCUT2D eigenvalue weighted by molar-refractivity contribution is 0.0963. The third kappa shape index (κ3) is 9.57. The number of rotatable bonds is 10. The molecule has 0 aliphatic carbocycles. The fourth-order valence-electron chi connectivity index (χ4n) is 2.72. The molecule has 0 aliphatic rings. The molecule has 1 unspecified atom stereocenters. The molecule has 1 amide bonds. The summed E-state index contributed by atoms with van der Waals surface area (Å²) < 4.78 is 5.77. The monoisotopic (exact) mass is 375 g/mol. The summed E-state index contributed by atoms with van der Waals surface area (Å²) in [5.74, 6) is 0.181. The quantitative estimate of drug-likeness (QED) is 0.491. The number of hydrogen-bond acceptors (Lipinski definition) is 4. The molecule has 1 atom stereocenters. The molecule has 0 saturated carbocycles. The van der Waals surface area contributed by atoms with Gasteiger partial charge in [0.15, 0.2) is 0 Å². The lowest BCUT2D eigenvalue weighted by Crippen LogP contribution is -2.34. The molecule has 5 heteroatoms. The Morgan fingerprint density at radius 2 is 1.93 bits per heavy atom. The normalized spacial score (nSPS) is 13.1. The molecule has 0 saturated heterocycles. The molecule has 5 nitrogen and oxygen atoms in total. The number of hydrogen-bond donors (Lipinski definition) is 1. The van der Waals surface area contributed by atoms with Gasteiger partial charge < -0.3 is 9.64 Å². The van der Waals surface area contributed by atoms with E-state index < -0.39 is 0 Å². The van der Waals surface area contributed by atoms with Crippen LogP contribution in [0.5, 0.6) is 0 Å². The van der Waals surface area contributed by atoms with E-state index in [1.165, 1.54) is 0 Å². The molecule has 0 aromatic heterocycles. The van der Waals surface area contributed by atoms with Gasteiger partial charge in [-0.2, -0.15) is 0 Å². The molecule has 0 aliphatic heterocycles. The van der Waals surface area contributed by atoms with Gasteiger partial charge in [0.1, 0.15) is 0 Å². The zero-order valence-corrected chi connectivity index (χ0v) is 17.9. The van der Waals surface area contributed by atoms with Crippen LogP contribution in [0, 0.1) is 12.8 Å². The average molecular weight is 376 g/mol. The van der Waals surface area contributed by atoms with Crippen LogP contribution in [-0.2, 0) is 4.74 Å². The summed E-state index contributed by atoms with van der Waals surface area (Å²) in [7, 11) is 0. The molecular formula is C22H37N3O2. The summed E-state index contributed by atoms with van der Waals surface area (Å²) in [6.07, 6.45) is 2.04. The highest BCUT2D eigenvalue weighted by Gasteiger charge is 2.13. The molecule has 1 aromatic rings. The van der Waals surface area contributed by atoms with Crippen LogP contribution in [0.25, 0.3) is 0 Å². The minimum atomic E-state index is -0.184. The first-order valence-electron chi connectivity index (χ1n) is 10.2. The maximum absolute atomic E-state index is 12.5. The van der Waals surface area contributed by atoms with Crippen LogP contribution in [0.1, 0.15) is 63.4 Å². The van der Waals surface area contributed by atoms with E-state index in [1.807, 2.05) is 25.1 Å². The van der Waals surface area contributed by atoms with E-state index in [0.29, 0.717) is 24.1 Å². The summed E-state index contributed by atoms with van der Waals surface area (Å²) >= 11 is 0. The van der Waals surface area contributed by atoms with E-state index in [-0.39, 0.29) is 11.9 Å². The predicted octanol–water partition coefficient (Wildman–Crippen LogP) is 4.26. The van der Waals surface area contributed by atoms with Gasteiger partial charge in [-0.15, -0.1) is 0 Å². The Morgan fingerprint density at radius 1 is 1.22 bits per heavy atom. The van der Waals surface area contributed by atoms with E-state index in [9.17, 15) is 4.79 Å². The van der Waals surface area contributed by atoms with Crippen molar-refractivity contribution in [3.8, 4) is 0 Å². The number of aryl methyl sites for hydroxylation is 1. The van der Waals surface area contributed by atoms with E-state index in [0.717, 1.165) is 38.0 Å². The summed E-state index contributed by atoms with van der Waals surface area (Å²) in [5.41, 5.74) is 1.67. The Hall–Kier alpha value is -1.88. The number of ether oxygens (including phenoxy) is 1. The van der Waals surface area contributed by atoms with Gasteiger partial charge in [-0.05, 0) is 64.4 Å². The molecule has 152 valence electrons. The van der Waals surface area contributed by atoms with Crippen molar-refractivity contribution < 1.29 is 9.53 Å². The zero-order valence-electron chi connectivity index (χ0n) is 17.9. The first-order chi connectivity index (χ1) is 12.8. The minimum absolute atomic E-state index is 0.0977. The highest BCUT2D eigenvalue weighted by atomic mass is 16.5. The molecule has 27 heavy (non-hydrogen) atoms. The van der Waals surface area contributed by atoms with Crippen molar-refractivity contribution in [2.24, 2.45) is 10.9 Å². The number of nitrogens with zero attached hydrogens (tertiary/aromatic N) is 2. The van der Waals surface area contributed by atoms with E-state index in [4.69, 9.17) is 4.74 Å². The van der Waals surface area contributed by atoms with Crippen molar-refractivity contribution in [3.05, 3.63) is 35.4 Å². The largest absolute Gasteiger partial charge is 0.465 e. The highest BCUT2D eigenvalue weighted by Crippen LogP contribution is 2.07. The van der Waals surface area contributed by atoms with Crippen molar-refractivity contribution in [1.29, 1.82) is 0 Å². The SMILES string of the molecule is CCN(CC)CCCC(C)N=C(NC(=O)c1cccc(C)c1)OCC(C)C. The molecule has 1 aromatic carbocycles. The molecule has 0 fully saturated rings. The molecule has 0 bridgehead atoms. The van der Waals surface area contributed by atoms with Gasteiger partial charge in [-0.1, -0.05) is 45.4 Å². The topological polar surface area (TPSA) is 53.9 Å². The number of nitrogens with one attached hydrogen (secondary N) is 1. The molecule has 0 radical (unpaired) electrons. The number of carbonyl (C=O) groups excluding carboxylic acids is 1. The van der Waals surface area contributed by atoms with E-state index >= 15 is 0 Å². The number of aliphatic imine (C=N–C) groups is 1. The lowest BCUT2D eigenvalue weighted by Gasteiger charge is -2.19. The van der Waals surface area contributed by atoms with Crippen molar-refractivity contribution in [1.82, 2.24) is 10.2 Å². The van der Waals surface area contributed by atoms with Crippen LogP contribution in [0.15, 0.2) is 29.3 Å². The molecule has 0 heterocycles. The Kier molecular flexibility index (Phi) is 10.7. The third-order valence-corrected chi connectivity index (χ3v) is 4.38. The third-order valence-electron chi connectivity index (χ3n) is 4.38. The van der Waals surface area contributed by atoms with Gasteiger partial charge in [0.05, 0.1) is 12.6 Å². The van der Waals surface area contributed by atoms with E-state index in [1.54, 1.807) is 6.07 Å². The van der Waals surface area contributed by atoms with Crippen molar-refractivity contribution in [2.45, 2.75) is 60.4 Å². The number of amidine groups is 1. The highest BCUT2D eigenvalue weighted by molar-refractivity contribution is 6.04. The van der Waals surface area contributed by atoms with Crippen LogP contribution in [-0.4, -0.2) is 49.1 Å². The fourth-order valence-corrected chi connectivity index (χ4v) is 2.72. The first kappa shape index (κ1) is 23.2. The minimum Gasteiger partial charge on any atom is -0.465 e. The standard InChI is InChI=1S/C22H37N3O2/c1-7-25(8-2)14-10-12-19(6)23-22(27-16-17(3)4)24-21(26)20-13-9-11-18(5)15-20/h9,11,13,15,17,19H,7-8,10,12,14,16H2,1-6H3,(H,23,24,26). The summed E-state index contributed by atoms with van der Waals surface area (Å²) in [6, 6.07) is 7.94. The summed E-state index contributed by atoms with van der Waals surface area (Å²) in [6.45, 7) is 16.3. The number of benzene rings is 1. The number of amides is 1. The maximum Gasteiger partial charge on any atom is 0.291 e. The lowest BCUT2D eigenvalue weighted by atomic mass is 10.1. The van der Waals surface area contributed by atoms with Gasteiger partial charge in [0, 0.05) is 5.56 Å². The Bertz CT molecular complexity index is 595. The summed E-state index contributed by atoms with van der Waals surface area (Å²) in [4.78, 5) is 19.6. The van der Waals surface area contributed by atoms with Crippen LogP contribution in [0.4, 0.5) is 0 Å². The zero-order chi connectivity index (χ0) is 20.2. The van der Waals surface area contributed by atoms with Gasteiger partial charge in [0.2, 0.25) is 0 Å². The van der Waals surface area contributed by atoms with Crippen LogP contribution in [0.3, 0.4) is 0 Å². The Morgan fingerprint density at radius 3 is 2.52 bits per heavy atom. The predicted molar refractivity (Wildman–Crippen MR) is 113 cm³/mol. The Labute approximate surface area is 165 Å². The van der Waals surface area contributed by atoms with Gasteiger partial charge in [0.25, 0.3) is 11.9 Å². The smallest absolute Gasteiger partial charge is 0.291 e. The Balaban J connectivity index is 2.71. The second-order valence-electron chi connectivity index (χ2n) is 7.48. The average Bonchev–Trinajstić information content (AvgIpc) is 2.63. The van der Waals surface area contributed by atoms with Crippen LogP contribution < -0.4 is 5.32 Å². The van der Waals surface area contributed by atoms with Gasteiger partial charge in [-0.3, -0.25) is 10.1 Å². The molecule has 1 rings (SSSR count). The maximum atomic E-state index is 12.5. The van der Waals surface area contributed by atoms with Gasteiger partial charge >= 0.3 is 0 Å². The van der Waals surface area contributed by atoms with Crippen LogP contribution in [0.2, 0.25) is 0 Å². The van der Waals surface area contributed by atoms with E-state index in [2.05, 4.69) is 49.8 Å². The van der Waals surface area contributed by atoms with Crippen molar-refractivity contribution >= 4 is 11.9 Å². The van der Waals surface area contributed by atoms with Crippen LogP contribution >= 0.6 is 0 Å². The second-order valence-corrected chi connectivity index (χ2v) is 7.48. The molecule has 0 spiro atoms. The molecular weight excluding hydrogens is 338 g/mol. The summed E-state index contributed by atoms with van der Waals surface area (Å²) in [5, 5.41) is 2.85. The molecule has 1 N–H and O–H groups in total. The second kappa shape index (κ2) is 12.5. The van der Waals surface area contributed by atoms with Crippen molar-refractivity contribution in [3.63, 3.8) is 0 Å². The van der Waals surface area contributed by atoms with Crippen molar-refractivity contribution in [2.75, 3.05) is 26.2 Å². The van der Waals surface area contributed by atoms with Gasteiger partial charge in [-0.25, -0.2) is 4.99 Å². The fraction of sp³-hybridized carbons (Fsp3) is 0.636. The first-order valence-corrected chi connectivity index (χ1v) is 10.2.